The Morgan fingerprint density at radius 2 is 2.20 bits per heavy atom. The first-order valence-electron chi connectivity index (χ1n) is 8.03. The van der Waals surface area contributed by atoms with Crippen molar-refractivity contribution in [3.63, 3.8) is 0 Å². The van der Waals surface area contributed by atoms with E-state index in [1.165, 1.54) is 0 Å². The molecule has 0 bridgehead atoms. The summed E-state index contributed by atoms with van der Waals surface area (Å²) >= 11 is 1.55. The summed E-state index contributed by atoms with van der Waals surface area (Å²) in [6.07, 6.45) is 0. The van der Waals surface area contributed by atoms with Gasteiger partial charge in [0.1, 0.15) is 0 Å². The Bertz CT molecular complexity index is 929. The first-order valence-corrected chi connectivity index (χ1v) is 8.91. The maximum absolute atomic E-state index is 12.6. The van der Waals surface area contributed by atoms with Crippen molar-refractivity contribution in [2.24, 2.45) is 4.99 Å². The molecule has 2 aromatic rings. The predicted molar refractivity (Wildman–Crippen MR) is 96.8 cm³/mol. The summed E-state index contributed by atoms with van der Waals surface area (Å²) < 4.78 is 18.2. The molecule has 3 heterocycles. The number of H-pyrrole nitrogens is 1. The summed E-state index contributed by atoms with van der Waals surface area (Å²) in [5.74, 6) is 2.53. The van der Waals surface area contributed by atoms with E-state index in [4.69, 9.17) is 14.2 Å². The molecule has 0 saturated heterocycles. The number of nitrogens with one attached hydrogen (secondary N) is 1. The van der Waals surface area contributed by atoms with Gasteiger partial charge in [-0.3, -0.25) is 14.6 Å². The summed E-state index contributed by atoms with van der Waals surface area (Å²) in [5, 5.41) is 3.63. The SMILES string of the molecule is COc1cc(C2SC(C)=Nc3c2c(=O)[nH]n3C(C)C)cc2c1OCO2. The minimum absolute atomic E-state index is 0.114. The number of nitrogens with zero attached hydrogens (tertiary/aromatic N) is 2. The molecule has 0 spiro atoms. The highest BCUT2D eigenvalue weighted by molar-refractivity contribution is 8.14. The molecule has 0 aliphatic carbocycles. The first-order chi connectivity index (χ1) is 12.0. The molecular formula is C17H19N3O4S. The van der Waals surface area contributed by atoms with Crippen LogP contribution in [-0.2, 0) is 0 Å². The van der Waals surface area contributed by atoms with Gasteiger partial charge in [0, 0.05) is 6.04 Å². The molecule has 0 fully saturated rings. The van der Waals surface area contributed by atoms with E-state index in [0.717, 1.165) is 10.6 Å². The lowest BCUT2D eigenvalue weighted by atomic mass is 10.0. The van der Waals surface area contributed by atoms with Crippen molar-refractivity contribution in [2.45, 2.75) is 32.1 Å². The van der Waals surface area contributed by atoms with Crippen molar-refractivity contribution in [2.75, 3.05) is 13.9 Å². The van der Waals surface area contributed by atoms with Crippen LogP contribution in [0.4, 0.5) is 5.82 Å². The Labute approximate surface area is 149 Å². The number of hydrogen-bond acceptors (Lipinski definition) is 6. The second kappa shape index (κ2) is 5.87. The smallest absolute Gasteiger partial charge is 0.271 e. The summed E-state index contributed by atoms with van der Waals surface area (Å²) in [4.78, 5) is 17.2. The summed E-state index contributed by atoms with van der Waals surface area (Å²) in [6, 6.07) is 3.93. The predicted octanol–water partition coefficient (Wildman–Crippen LogP) is 3.38. The Morgan fingerprint density at radius 1 is 1.40 bits per heavy atom. The van der Waals surface area contributed by atoms with Crippen LogP contribution in [0.15, 0.2) is 21.9 Å². The number of aromatic amines is 1. The second-order valence-electron chi connectivity index (χ2n) is 6.23. The molecule has 0 saturated carbocycles. The van der Waals surface area contributed by atoms with Crippen LogP contribution in [0.5, 0.6) is 17.2 Å². The zero-order chi connectivity index (χ0) is 17.7. The lowest BCUT2D eigenvalue weighted by molar-refractivity contribution is 0.171. The van der Waals surface area contributed by atoms with Gasteiger partial charge in [0.2, 0.25) is 12.5 Å². The normalized spacial score (nSPS) is 18.3. The molecule has 0 radical (unpaired) electrons. The van der Waals surface area contributed by atoms with E-state index in [0.29, 0.717) is 28.6 Å². The van der Waals surface area contributed by atoms with E-state index in [9.17, 15) is 4.79 Å². The van der Waals surface area contributed by atoms with E-state index < -0.39 is 0 Å². The lowest BCUT2D eigenvalue weighted by Crippen LogP contribution is -2.13. The molecule has 1 unspecified atom stereocenters. The van der Waals surface area contributed by atoms with Crippen molar-refractivity contribution in [1.82, 2.24) is 9.78 Å². The molecule has 2 aliphatic rings. The molecule has 1 atom stereocenters. The highest BCUT2D eigenvalue weighted by atomic mass is 32.2. The van der Waals surface area contributed by atoms with Crippen LogP contribution in [0.3, 0.4) is 0 Å². The maximum Gasteiger partial charge on any atom is 0.271 e. The average molecular weight is 361 g/mol. The minimum atomic E-state index is -0.181. The third kappa shape index (κ3) is 2.52. The molecule has 132 valence electrons. The van der Waals surface area contributed by atoms with Gasteiger partial charge in [-0.05, 0) is 38.5 Å². The van der Waals surface area contributed by atoms with Crippen LogP contribution >= 0.6 is 11.8 Å². The fourth-order valence-corrected chi connectivity index (χ4v) is 4.20. The summed E-state index contributed by atoms with van der Waals surface area (Å²) in [6.45, 7) is 6.15. The van der Waals surface area contributed by atoms with Crippen molar-refractivity contribution in [1.29, 1.82) is 0 Å². The number of hydrogen-bond donors (Lipinski definition) is 1. The number of ether oxygens (including phenoxy) is 3. The van der Waals surface area contributed by atoms with Gasteiger partial charge in [0.25, 0.3) is 5.56 Å². The lowest BCUT2D eigenvalue weighted by Gasteiger charge is -2.22. The standard InChI is InChI=1S/C17H19N3O4S/c1-8(2)20-16-13(17(21)19-20)15(25-9(3)18-16)10-5-11(22-4)14-12(6-10)23-7-24-14/h5-6,8,15H,7H2,1-4H3,(H,19,21). The van der Waals surface area contributed by atoms with E-state index in [-0.39, 0.29) is 23.6 Å². The Kier molecular flexibility index (Phi) is 3.79. The van der Waals surface area contributed by atoms with Gasteiger partial charge in [-0.2, -0.15) is 0 Å². The maximum atomic E-state index is 12.6. The Hall–Kier alpha value is -2.35. The van der Waals surface area contributed by atoms with Crippen molar-refractivity contribution in [3.8, 4) is 17.2 Å². The van der Waals surface area contributed by atoms with E-state index >= 15 is 0 Å². The number of aliphatic imine (C=N–C) groups is 1. The molecule has 0 amide bonds. The third-order valence-electron chi connectivity index (χ3n) is 4.25. The quantitative estimate of drug-likeness (QED) is 0.907. The van der Waals surface area contributed by atoms with Crippen molar-refractivity contribution >= 4 is 22.6 Å². The van der Waals surface area contributed by atoms with Gasteiger partial charge >= 0.3 is 0 Å². The molecule has 4 rings (SSSR count). The number of methoxy groups -OCH3 is 1. The second-order valence-corrected chi connectivity index (χ2v) is 7.53. The largest absolute Gasteiger partial charge is 0.493 e. The van der Waals surface area contributed by atoms with Crippen LogP contribution in [0.1, 0.15) is 43.2 Å². The van der Waals surface area contributed by atoms with Crippen LogP contribution < -0.4 is 19.8 Å². The first kappa shape index (κ1) is 16.1. The minimum Gasteiger partial charge on any atom is -0.493 e. The molecule has 8 heteroatoms. The molecule has 2 aliphatic heterocycles. The zero-order valence-corrected chi connectivity index (χ0v) is 15.3. The summed E-state index contributed by atoms with van der Waals surface area (Å²) in [5.41, 5.74) is 1.47. The molecule has 25 heavy (non-hydrogen) atoms. The number of aromatic nitrogens is 2. The average Bonchev–Trinajstić information content (AvgIpc) is 3.17. The highest BCUT2D eigenvalue weighted by Crippen LogP contribution is 2.49. The number of rotatable bonds is 3. The molecule has 1 N–H and O–H groups in total. The Morgan fingerprint density at radius 3 is 2.92 bits per heavy atom. The molecule has 7 nitrogen and oxygen atoms in total. The molecule has 1 aromatic heterocycles. The van der Waals surface area contributed by atoms with Gasteiger partial charge < -0.3 is 14.2 Å². The van der Waals surface area contributed by atoms with Gasteiger partial charge in [-0.1, -0.05) is 11.8 Å². The van der Waals surface area contributed by atoms with Crippen LogP contribution in [0.25, 0.3) is 0 Å². The fraction of sp³-hybridized carbons (Fsp3) is 0.412. The van der Waals surface area contributed by atoms with Gasteiger partial charge in [-0.25, -0.2) is 4.99 Å². The molecule has 1 aromatic carbocycles. The third-order valence-corrected chi connectivity index (χ3v) is 5.43. The van der Waals surface area contributed by atoms with Crippen LogP contribution in [0.2, 0.25) is 0 Å². The van der Waals surface area contributed by atoms with E-state index in [1.807, 2.05) is 37.6 Å². The number of benzene rings is 1. The zero-order valence-electron chi connectivity index (χ0n) is 14.5. The number of thioether (sulfide) groups is 1. The van der Waals surface area contributed by atoms with E-state index in [1.54, 1.807) is 18.9 Å². The number of fused-ring (bicyclic) bond motifs is 2. The molecular weight excluding hydrogens is 342 g/mol. The topological polar surface area (TPSA) is 77.8 Å². The summed E-state index contributed by atoms with van der Waals surface area (Å²) in [7, 11) is 1.59. The van der Waals surface area contributed by atoms with Crippen molar-refractivity contribution in [3.05, 3.63) is 33.6 Å². The van der Waals surface area contributed by atoms with E-state index in [2.05, 4.69) is 10.1 Å². The van der Waals surface area contributed by atoms with Crippen LogP contribution in [0, 0.1) is 0 Å². The van der Waals surface area contributed by atoms with Gasteiger partial charge in [0.05, 0.1) is 23.0 Å². The highest BCUT2D eigenvalue weighted by Gasteiger charge is 2.32. The van der Waals surface area contributed by atoms with Gasteiger partial charge in [-0.15, -0.1) is 0 Å². The fourth-order valence-electron chi connectivity index (χ4n) is 3.12. The monoisotopic (exact) mass is 361 g/mol. The van der Waals surface area contributed by atoms with Crippen molar-refractivity contribution < 1.29 is 14.2 Å². The van der Waals surface area contributed by atoms with Crippen LogP contribution in [-0.4, -0.2) is 28.7 Å². The Balaban J connectivity index is 1.89. The van der Waals surface area contributed by atoms with Gasteiger partial charge in [0.15, 0.2) is 17.3 Å².